The lowest BCUT2D eigenvalue weighted by Gasteiger charge is -2.08. The highest BCUT2D eigenvalue weighted by Crippen LogP contribution is 2.24. The zero-order chi connectivity index (χ0) is 16.1. The Hall–Kier alpha value is -2.69. The van der Waals surface area contributed by atoms with Crippen molar-refractivity contribution in [3.63, 3.8) is 0 Å². The first-order chi connectivity index (χ1) is 10.5. The molecule has 4 nitrogen and oxygen atoms in total. The molecule has 2 rings (SSSR count). The third-order valence-electron chi connectivity index (χ3n) is 3.36. The fourth-order valence-electron chi connectivity index (χ4n) is 2.14. The number of carbonyl (C=O) groups is 1. The second-order valence-corrected chi connectivity index (χ2v) is 5.00. The molecule has 0 atom stereocenters. The van der Waals surface area contributed by atoms with Crippen molar-refractivity contribution < 1.29 is 19.5 Å². The fraction of sp³-hybridized carbons (Fsp3) is 0.176. The van der Waals surface area contributed by atoms with E-state index in [1.807, 2.05) is 31.2 Å². The topological polar surface area (TPSA) is 69.9 Å². The standard InChI is InChI=1S/C17H16FNO3/c1-11-2-4-12(5-3-11)14-7-6-13(10-15(14)18)16(19-22)8-9-17(20)21/h2-7,10,22H,8-9H2,1H3,(H,20,21)/b19-16+. The molecule has 0 aliphatic rings. The predicted octanol–water partition coefficient (Wildman–Crippen LogP) is 3.84. The highest BCUT2D eigenvalue weighted by molar-refractivity contribution is 6.01. The summed E-state index contributed by atoms with van der Waals surface area (Å²) >= 11 is 0. The van der Waals surface area contributed by atoms with Crippen LogP contribution in [0.5, 0.6) is 0 Å². The second kappa shape index (κ2) is 6.85. The Bertz CT molecular complexity index is 708. The summed E-state index contributed by atoms with van der Waals surface area (Å²) in [5.41, 5.74) is 2.81. The molecule has 114 valence electrons. The van der Waals surface area contributed by atoms with Gasteiger partial charge in [-0.25, -0.2) is 4.39 Å². The van der Waals surface area contributed by atoms with Crippen LogP contribution in [0.25, 0.3) is 11.1 Å². The number of oxime groups is 1. The largest absolute Gasteiger partial charge is 0.481 e. The molecule has 2 N–H and O–H groups in total. The summed E-state index contributed by atoms with van der Waals surface area (Å²) in [7, 11) is 0. The molecule has 2 aromatic carbocycles. The predicted molar refractivity (Wildman–Crippen MR) is 81.8 cm³/mol. The normalized spacial score (nSPS) is 11.5. The van der Waals surface area contributed by atoms with Crippen molar-refractivity contribution in [3.05, 3.63) is 59.4 Å². The third kappa shape index (κ3) is 3.69. The van der Waals surface area contributed by atoms with Gasteiger partial charge in [0.25, 0.3) is 0 Å². The number of hydrogen-bond donors (Lipinski definition) is 2. The Morgan fingerprint density at radius 1 is 1.14 bits per heavy atom. The van der Waals surface area contributed by atoms with Gasteiger partial charge in [-0.1, -0.05) is 47.1 Å². The van der Waals surface area contributed by atoms with E-state index >= 15 is 0 Å². The van der Waals surface area contributed by atoms with Crippen LogP contribution in [0, 0.1) is 12.7 Å². The Labute approximate surface area is 127 Å². The molecule has 0 aliphatic carbocycles. The molecule has 0 heterocycles. The van der Waals surface area contributed by atoms with Crippen LogP contribution in [0.4, 0.5) is 4.39 Å². The van der Waals surface area contributed by atoms with E-state index in [2.05, 4.69) is 5.16 Å². The lowest BCUT2D eigenvalue weighted by molar-refractivity contribution is -0.136. The second-order valence-electron chi connectivity index (χ2n) is 5.00. The molecule has 2 aromatic rings. The zero-order valence-corrected chi connectivity index (χ0v) is 12.1. The highest BCUT2D eigenvalue weighted by atomic mass is 19.1. The summed E-state index contributed by atoms with van der Waals surface area (Å²) in [6.45, 7) is 1.95. The molecule has 0 radical (unpaired) electrons. The van der Waals surface area contributed by atoms with Gasteiger partial charge in [0.2, 0.25) is 0 Å². The lowest BCUT2D eigenvalue weighted by Crippen LogP contribution is -2.06. The Morgan fingerprint density at radius 3 is 2.36 bits per heavy atom. The molecule has 0 spiro atoms. The summed E-state index contributed by atoms with van der Waals surface area (Å²) < 4.78 is 14.3. The summed E-state index contributed by atoms with van der Waals surface area (Å²) in [4.78, 5) is 10.6. The van der Waals surface area contributed by atoms with Crippen LogP contribution >= 0.6 is 0 Å². The zero-order valence-electron chi connectivity index (χ0n) is 12.1. The molecule has 0 aliphatic heterocycles. The minimum absolute atomic E-state index is 0.0369. The summed E-state index contributed by atoms with van der Waals surface area (Å²) in [5.74, 6) is -1.45. The van der Waals surface area contributed by atoms with Crippen LogP contribution in [0.2, 0.25) is 0 Å². The molecule has 0 bridgehead atoms. The van der Waals surface area contributed by atoms with Crippen molar-refractivity contribution in [3.8, 4) is 11.1 Å². The van der Waals surface area contributed by atoms with Gasteiger partial charge >= 0.3 is 5.97 Å². The highest BCUT2D eigenvalue weighted by Gasteiger charge is 2.11. The number of carboxylic acids is 1. The van der Waals surface area contributed by atoms with E-state index in [1.54, 1.807) is 12.1 Å². The maximum atomic E-state index is 14.3. The van der Waals surface area contributed by atoms with Crippen LogP contribution in [-0.2, 0) is 4.79 Å². The van der Waals surface area contributed by atoms with Crippen molar-refractivity contribution in [2.24, 2.45) is 5.16 Å². The van der Waals surface area contributed by atoms with Crippen molar-refractivity contribution in [2.75, 3.05) is 0 Å². The van der Waals surface area contributed by atoms with Crippen molar-refractivity contribution in [1.29, 1.82) is 0 Å². The Morgan fingerprint density at radius 2 is 1.82 bits per heavy atom. The SMILES string of the molecule is Cc1ccc(-c2ccc(/C(CCC(=O)O)=N/O)cc2F)cc1. The van der Waals surface area contributed by atoms with Gasteiger partial charge in [0.15, 0.2) is 0 Å². The molecule has 0 fully saturated rings. The smallest absolute Gasteiger partial charge is 0.303 e. The molecule has 0 unspecified atom stereocenters. The van der Waals surface area contributed by atoms with Crippen molar-refractivity contribution in [2.45, 2.75) is 19.8 Å². The minimum atomic E-state index is -1.00. The molecular weight excluding hydrogens is 285 g/mol. The first-order valence-electron chi connectivity index (χ1n) is 6.81. The van der Waals surface area contributed by atoms with Crippen LogP contribution < -0.4 is 0 Å². The fourth-order valence-corrected chi connectivity index (χ4v) is 2.14. The molecule has 5 heteroatoms. The number of aryl methyl sites for hydroxylation is 1. The summed E-state index contributed by atoms with van der Waals surface area (Å²) in [6.07, 6.45) is -0.143. The summed E-state index contributed by atoms with van der Waals surface area (Å²) in [5, 5.41) is 20.7. The van der Waals surface area contributed by atoms with Crippen LogP contribution in [0.15, 0.2) is 47.6 Å². The number of benzene rings is 2. The van der Waals surface area contributed by atoms with Gasteiger partial charge in [0.05, 0.1) is 12.1 Å². The van der Waals surface area contributed by atoms with Gasteiger partial charge in [0, 0.05) is 17.5 Å². The minimum Gasteiger partial charge on any atom is -0.481 e. The number of halogens is 1. The molecular formula is C17H16FNO3. The third-order valence-corrected chi connectivity index (χ3v) is 3.36. The van der Waals surface area contributed by atoms with Gasteiger partial charge in [-0.3, -0.25) is 4.79 Å². The number of hydrogen-bond acceptors (Lipinski definition) is 3. The van der Waals surface area contributed by atoms with Crippen LogP contribution in [0.1, 0.15) is 24.0 Å². The monoisotopic (exact) mass is 301 g/mol. The number of nitrogens with zero attached hydrogens (tertiary/aromatic N) is 1. The molecule has 0 saturated carbocycles. The molecule has 0 saturated heterocycles. The quantitative estimate of drug-likeness (QED) is 0.501. The van der Waals surface area contributed by atoms with Gasteiger partial charge < -0.3 is 10.3 Å². The Kier molecular flexibility index (Phi) is 4.88. The van der Waals surface area contributed by atoms with Gasteiger partial charge in [-0.05, 0) is 18.6 Å². The average Bonchev–Trinajstić information content (AvgIpc) is 2.49. The first kappa shape index (κ1) is 15.7. The average molecular weight is 301 g/mol. The van der Waals surface area contributed by atoms with Gasteiger partial charge in [0.1, 0.15) is 5.82 Å². The van der Waals surface area contributed by atoms with Gasteiger partial charge in [-0.2, -0.15) is 0 Å². The number of aliphatic carboxylic acids is 1. The number of carboxylic acid groups (broad SMARTS) is 1. The summed E-state index contributed by atoms with van der Waals surface area (Å²) in [6, 6.07) is 11.9. The van der Waals surface area contributed by atoms with E-state index in [-0.39, 0.29) is 18.6 Å². The molecule has 0 amide bonds. The van der Waals surface area contributed by atoms with Crippen molar-refractivity contribution in [1.82, 2.24) is 0 Å². The molecule has 22 heavy (non-hydrogen) atoms. The van der Waals surface area contributed by atoms with E-state index in [4.69, 9.17) is 10.3 Å². The maximum Gasteiger partial charge on any atom is 0.303 e. The van der Waals surface area contributed by atoms with Gasteiger partial charge in [-0.15, -0.1) is 0 Å². The first-order valence-corrected chi connectivity index (χ1v) is 6.81. The van der Waals surface area contributed by atoms with Crippen LogP contribution in [0.3, 0.4) is 0 Å². The maximum absolute atomic E-state index is 14.3. The van der Waals surface area contributed by atoms with Crippen LogP contribution in [-0.4, -0.2) is 22.0 Å². The van der Waals surface area contributed by atoms with Crippen molar-refractivity contribution >= 4 is 11.7 Å². The Balaban J connectivity index is 2.29. The van der Waals surface area contributed by atoms with E-state index < -0.39 is 11.8 Å². The van der Waals surface area contributed by atoms with E-state index in [1.165, 1.54) is 6.07 Å². The van der Waals surface area contributed by atoms with E-state index in [9.17, 15) is 9.18 Å². The van der Waals surface area contributed by atoms with E-state index in [0.29, 0.717) is 11.1 Å². The number of rotatable bonds is 5. The van der Waals surface area contributed by atoms with E-state index in [0.717, 1.165) is 11.1 Å². The molecule has 0 aromatic heterocycles. The lowest BCUT2D eigenvalue weighted by atomic mass is 9.99.